The van der Waals surface area contributed by atoms with Gasteiger partial charge in [0.15, 0.2) is 5.82 Å². The van der Waals surface area contributed by atoms with Gasteiger partial charge in [-0.25, -0.2) is 14.4 Å². The van der Waals surface area contributed by atoms with Gasteiger partial charge in [-0.1, -0.05) is 11.2 Å². The maximum absolute atomic E-state index is 15.2. The SMILES string of the molecule is CNCC(O)COc1ccc(F)c(-c2nc(-c3c(C)noc3C)c(C)c(N3Cc4cccnc4C3)n2)c1. The second-order valence-electron chi connectivity index (χ2n) is 9.17. The summed E-state index contributed by atoms with van der Waals surface area (Å²) < 4.78 is 26.3. The first-order valence-corrected chi connectivity index (χ1v) is 12.1. The number of halogens is 1. The highest BCUT2D eigenvalue weighted by molar-refractivity contribution is 5.75. The molecular formula is C27H29FN6O3. The number of benzene rings is 1. The zero-order valence-corrected chi connectivity index (χ0v) is 21.2. The first-order valence-electron chi connectivity index (χ1n) is 12.1. The fourth-order valence-corrected chi connectivity index (χ4v) is 4.60. The number of hydrogen-bond acceptors (Lipinski definition) is 9. The summed E-state index contributed by atoms with van der Waals surface area (Å²) in [5.41, 5.74) is 5.25. The highest BCUT2D eigenvalue weighted by Crippen LogP contribution is 2.37. The standard InChI is InChI=1S/C27H29FN6O3/c1-15-25(24-16(2)33-37-17(24)3)31-26(32-27(15)34-12-18-6-5-9-30-23(18)13-34)21-10-20(7-8-22(21)28)36-14-19(35)11-29-4/h5-10,19,29,35H,11-14H2,1-4H3. The zero-order valence-electron chi connectivity index (χ0n) is 21.2. The van der Waals surface area contributed by atoms with Gasteiger partial charge in [0.1, 0.15) is 35.9 Å². The molecule has 3 aromatic heterocycles. The maximum Gasteiger partial charge on any atom is 0.165 e. The van der Waals surface area contributed by atoms with E-state index in [-0.39, 0.29) is 18.0 Å². The molecule has 0 saturated carbocycles. The van der Waals surface area contributed by atoms with E-state index in [4.69, 9.17) is 19.2 Å². The van der Waals surface area contributed by atoms with Gasteiger partial charge in [-0.05, 0) is 57.6 Å². The lowest BCUT2D eigenvalue weighted by atomic mass is 10.0. The van der Waals surface area contributed by atoms with Crippen LogP contribution >= 0.6 is 0 Å². The van der Waals surface area contributed by atoms with Gasteiger partial charge in [-0.3, -0.25) is 4.98 Å². The summed E-state index contributed by atoms with van der Waals surface area (Å²) in [4.78, 5) is 16.3. The lowest BCUT2D eigenvalue weighted by Gasteiger charge is -2.21. The molecule has 1 unspecified atom stereocenters. The highest BCUT2D eigenvalue weighted by Gasteiger charge is 2.27. The van der Waals surface area contributed by atoms with Crippen LogP contribution < -0.4 is 15.0 Å². The van der Waals surface area contributed by atoms with Gasteiger partial charge in [0, 0.05) is 24.8 Å². The van der Waals surface area contributed by atoms with Crippen molar-refractivity contribution in [3.63, 3.8) is 0 Å². The van der Waals surface area contributed by atoms with Gasteiger partial charge in [-0.15, -0.1) is 0 Å². The molecule has 0 fully saturated rings. The topological polar surface area (TPSA) is 109 Å². The first kappa shape index (κ1) is 24.8. The minimum Gasteiger partial charge on any atom is -0.491 e. The molecule has 5 rings (SSSR count). The van der Waals surface area contributed by atoms with Crippen LogP contribution in [0, 0.1) is 26.6 Å². The number of rotatable bonds is 8. The minimum atomic E-state index is -0.697. The van der Waals surface area contributed by atoms with E-state index in [9.17, 15) is 5.11 Å². The van der Waals surface area contributed by atoms with Crippen LogP contribution in [0.1, 0.15) is 28.3 Å². The van der Waals surface area contributed by atoms with E-state index in [1.165, 1.54) is 12.1 Å². The zero-order chi connectivity index (χ0) is 26.1. The molecule has 1 aromatic carbocycles. The molecule has 0 bridgehead atoms. The fourth-order valence-electron chi connectivity index (χ4n) is 4.60. The Balaban J connectivity index is 1.60. The van der Waals surface area contributed by atoms with Crippen LogP contribution in [-0.2, 0) is 13.1 Å². The number of aliphatic hydroxyl groups is 1. The third-order valence-electron chi connectivity index (χ3n) is 6.44. The van der Waals surface area contributed by atoms with Crippen molar-refractivity contribution in [2.45, 2.75) is 40.0 Å². The van der Waals surface area contributed by atoms with Crippen LogP contribution in [0.15, 0.2) is 41.1 Å². The average Bonchev–Trinajstić information content (AvgIpc) is 3.46. The van der Waals surface area contributed by atoms with Crippen molar-refractivity contribution in [2.75, 3.05) is 25.1 Å². The molecule has 10 heteroatoms. The molecule has 0 saturated heterocycles. The normalized spacial score (nSPS) is 13.6. The van der Waals surface area contributed by atoms with Crippen LogP contribution in [0.3, 0.4) is 0 Å². The summed E-state index contributed by atoms with van der Waals surface area (Å²) in [6.45, 7) is 7.31. The molecule has 0 spiro atoms. The second-order valence-corrected chi connectivity index (χ2v) is 9.17. The van der Waals surface area contributed by atoms with Crippen LogP contribution in [0.5, 0.6) is 5.75 Å². The van der Waals surface area contributed by atoms with Gasteiger partial charge in [0.05, 0.1) is 34.8 Å². The number of aliphatic hydroxyl groups excluding tert-OH is 1. The molecule has 1 atom stereocenters. The Morgan fingerprint density at radius 3 is 2.76 bits per heavy atom. The molecule has 1 aliphatic rings. The number of nitrogens with one attached hydrogen (secondary N) is 1. The number of likely N-dealkylation sites (N-methyl/N-ethyl adjacent to an activating group) is 1. The Kier molecular flexibility index (Phi) is 6.86. The third kappa shape index (κ3) is 4.90. The summed E-state index contributed by atoms with van der Waals surface area (Å²) in [7, 11) is 1.75. The van der Waals surface area contributed by atoms with Crippen molar-refractivity contribution in [3.05, 3.63) is 70.6 Å². The number of hydrogen-bond donors (Lipinski definition) is 2. The maximum atomic E-state index is 15.2. The molecule has 1 aliphatic heterocycles. The van der Waals surface area contributed by atoms with Gasteiger partial charge in [0.2, 0.25) is 0 Å². The predicted octanol–water partition coefficient (Wildman–Crippen LogP) is 3.74. The average molecular weight is 505 g/mol. The first-order chi connectivity index (χ1) is 17.9. The van der Waals surface area contributed by atoms with Crippen LogP contribution in [-0.4, -0.2) is 51.5 Å². The predicted molar refractivity (Wildman–Crippen MR) is 137 cm³/mol. The van der Waals surface area contributed by atoms with E-state index in [1.807, 2.05) is 26.8 Å². The van der Waals surface area contributed by atoms with Crippen molar-refractivity contribution in [3.8, 4) is 28.4 Å². The largest absolute Gasteiger partial charge is 0.491 e. The second kappa shape index (κ2) is 10.2. The summed E-state index contributed by atoms with van der Waals surface area (Å²) in [6.07, 6.45) is 1.09. The molecule has 4 heterocycles. The Hall–Kier alpha value is -3.89. The smallest absolute Gasteiger partial charge is 0.165 e. The number of fused-ring (bicyclic) bond motifs is 1. The molecule has 0 radical (unpaired) electrons. The fraction of sp³-hybridized carbons (Fsp3) is 0.333. The summed E-state index contributed by atoms with van der Waals surface area (Å²) in [5, 5.41) is 17.0. The lowest BCUT2D eigenvalue weighted by molar-refractivity contribution is 0.108. The Morgan fingerprint density at radius 1 is 1.19 bits per heavy atom. The Labute approximate surface area is 214 Å². The van der Waals surface area contributed by atoms with Crippen molar-refractivity contribution in [2.24, 2.45) is 0 Å². The van der Waals surface area contributed by atoms with Crippen molar-refractivity contribution >= 4 is 5.82 Å². The van der Waals surface area contributed by atoms with E-state index >= 15 is 4.39 Å². The van der Waals surface area contributed by atoms with E-state index in [0.717, 1.165) is 22.4 Å². The van der Waals surface area contributed by atoms with Crippen LogP contribution in [0.4, 0.5) is 10.2 Å². The number of pyridine rings is 1. The molecule has 9 nitrogen and oxygen atoms in total. The lowest BCUT2D eigenvalue weighted by Crippen LogP contribution is -2.29. The number of aryl methyl sites for hydroxylation is 2. The molecule has 2 N–H and O–H groups in total. The van der Waals surface area contributed by atoms with E-state index < -0.39 is 11.9 Å². The number of anilines is 1. The third-order valence-corrected chi connectivity index (χ3v) is 6.44. The minimum absolute atomic E-state index is 0.0648. The van der Waals surface area contributed by atoms with Gasteiger partial charge in [0.25, 0.3) is 0 Å². The van der Waals surface area contributed by atoms with E-state index in [2.05, 4.69) is 26.4 Å². The monoisotopic (exact) mass is 504 g/mol. The van der Waals surface area contributed by atoms with Gasteiger partial charge >= 0.3 is 0 Å². The van der Waals surface area contributed by atoms with Gasteiger partial charge < -0.3 is 24.6 Å². The van der Waals surface area contributed by atoms with Crippen LogP contribution in [0.25, 0.3) is 22.6 Å². The highest BCUT2D eigenvalue weighted by atomic mass is 19.1. The molecule has 37 heavy (non-hydrogen) atoms. The van der Waals surface area contributed by atoms with Crippen molar-refractivity contribution in [1.29, 1.82) is 0 Å². The molecule has 4 aromatic rings. The summed E-state index contributed by atoms with van der Waals surface area (Å²) in [6, 6.07) is 8.39. The number of nitrogens with zero attached hydrogens (tertiary/aromatic N) is 5. The Bertz CT molecular complexity index is 1400. The van der Waals surface area contributed by atoms with Crippen LogP contribution in [0.2, 0.25) is 0 Å². The van der Waals surface area contributed by atoms with Gasteiger partial charge in [-0.2, -0.15) is 0 Å². The number of aromatic nitrogens is 4. The molecular weight excluding hydrogens is 475 g/mol. The van der Waals surface area contributed by atoms with E-state index in [1.54, 1.807) is 19.3 Å². The molecule has 0 amide bonds. The molecule has 0 aliphatic carbocycles. The molecule has 192 valence electrons. The summed E-state index contributed by atoms with van der Waals surface area (Å²) in [5.74, 6) is 1.47. The van der Waals surface area contributed by atoms with Crippen molar-refractivity contribution < 1.29 is 18.8 Å². The van der Waals surface area contributed by atoms with Crippen molar-refractivity contribution in [1.82, 2.24) is 25.4 Å². The summed E-state index contributed by atoms with van der Waals surface area (Å²) >= 11 is 0. The Morgan fingerprint density at radius 2 is 2.03 bits per heavy atom. The number of ether oxygens (including phenoxy) is 1. The van der Waals surface area contributed by atoms with E-state index in [0.29, 0.717) is 48.3 Å². The quantitative estimate of drug-likeness (QED) is 0.371.